The van der Waals surface area contributed by atoms with E-state index < -0.39 is 10.8 Å². The first kappa shape index (κ1) is 9.84. The SMILES string of the molecule is CS(=O)CCNCCI. The largest absolute Gasteiger partial charge is 0.315 e. The van der Waals surface area contributed by atoms with Crippen molar-refractivity contribution in [2.24, 2.45) is 0 Å². The highest BCUT2D eigenvalue weighted by Gasteiger charge is 1.88. The number of halogens is 1. The first-order chi connectivity index (χ1) is 4.27. The lowest BCUT2D eigenvalue weighted by molar-refractivity contribution is 0.681. The average Bonchev–Trinajstić information content (AvgIpc) is 1.80. The normalized spacial score (nSPS) is 13.6. The molecule has 0 aromatic heterocycles. The summed E-state index contributed by atoms with van der Waals surface area (Å²) in [5.74, 6) is 0.774. The predicted octanol–water partition coefficient (Wildman–Crippen LogP) is 0.389. The van der Waals surface area contributed by atoms with Crippen LogP contribution >= 0.6 is 22.6 Å². The molecule has 0 aliphatic heterocycles. The van der Waals surface area contributed by atoms with Gasteiger partial charge in [0.15, 0.2) is 0 Å². The van der Waals surface area contributed by atoms with Gasteiger partial charge in [0, 0.05) is 40.3 Å². The lowest BCUT2D eigenvalue weighted by Crippen LogP contribution is -2.21. The molecule has 0 saturated carbocycles. The monoisotopic (exact) mass is 261 g/mol. The van der Waals surface area contributed by atoms with Gasteiger partial charge in [-0.05, 0) is 0 Å². The van der Waals surface area contributed by atoms with Gasteiger partial charge < -0.3 is 5.32 Å². The van der Waals surface area contributed by atoms with E-state index >= 15 is 0 Å². The Kier molecular flexibility index (Phi) is 7.60. The second-order valence-corrected chi connectivity index (χ2v) is 4.35. The van der Waals surface area contributed by atoms with Gasteiger partial charge in [0.1, 0.15) is 0 Å². The van der Waals surface area contributed by atoms with Gasteiger partial charge in [-0.15, -0.1) is 0 Å². The molecular weight excluding hydrogens is 249 g/mol. The Hall–Kier alpha value is 0.840. The average molecular weight is 261 g/mol. The van der Waals surface area contributed by atoms with Crippen molar-refractivity contribution in [2.45, 2.75) is 0 Å². The second kappa shape index (κ2) is 6.95. The van der Waals surface area contributed by atoms with Crippen molar-refractivity contribution in [3.8, 4) is 0 Å². The fourth-order valence-corrected chi connectivity index (χ4v) is 1.22. The molecule has 0 aromatic rings. The molecule has 4 heteroatoms. The van der Waals surface area contributed by atoms with E-state index in [-0.39, 0.29) is 0 Å². The lowest BCUT2D eigenvalue weighted by Gasteiger charge is -1.97. The van der Waals surface area contributed by atoms with E-state index in [0.717, 1.165) is 23.3 Å². The third-order valence-electron chi connectivity index (χ3n) is 0.838. The minimum Gasteiger partial charge on any atom is -0.315 e. The fourth-order valence-electron chi connectivity index (χ4n) is 0.408. The van der Waals surface area contributed by atoms with Crippen LogP contribution in [0, 0.1) is 0 Å². The first-order valence-corrected chi connectivity index (χ1v) is 6.09. The van der Waals surface area contributed by atoms with E-state index in [1.54, 1.807) is 6.26 Å². The van der Waals surface area contributed by atoms with Crippen LogP contribution in [0.2, 0.25) is 0 Å². The van der Waals surface area contributed by atoms with E-state index in [2.05, 4.69) is 27.9 Å². The topological polar surface area (TPSA) is 29.1 Å². The summed E-state index contributed by atoms with van der Waals surface area (Å²) in [5, 5.41) is 3.17. The Balaban J connectivity index is 2.83. The molecule has 1 atom stereocenters. The maximum atomic E-state index is 10.5. The van der Waals surface area contributed by atoms with Crippen LogP contribution in [0.4, 0.5) is 0 Å². The Morgan fingerprint density at radius 2 is 2.22 bits per heavy atom. The molecule has 2 nitrogen and oxygen atoms in total. The molecule has 0 amide bonds. The molecule has 1 unspecified atom stereocenters. The summed E-state index contributed by atoms with van der Waals surface area (Å²) in [4.78, 5) is 0. The Morgan fingerprint density at radius 3 is 2.67 bits per heavy atom. The summed E-state index contributed by atoms with van der Waals surface area (Å²) >= 11 is 2.31. The van der Waals surface area contributed by atoms with Crippen LogP contribution in [0.15, 0.2) is 0 Å². The zero-order valence-corrected chi connectivity index (χ0v) is 8.50. The summed E-state index contributed by atoms with van der Waals surface area (Å²) in [6.45, 7) is 1.91. The van der Waals surface area contributed by atoms with Crippen LogP contribution in [-0.2, 0) is 10.8 Å². The molecular formula is C5H12INOS. The molecule has 0 aliphatic rings. The molecule has 0 radical (unpaired) electrons. The van der Waals surface area contributed by atoms with Gasteiger partial charge >= 0.3 is 0 Å². The molecule has 9 heavy (non-hydrogen) atoms. The maximum absolute atomic E-state index is 10.5. The molecule has 0 fully saturated rings. The predicted molar refractivity (Wildman–Crippen MR) is 50.7 cm³/mol. The first-order valence-electron chi connectivity index (χ1n) is 2.84. The molecule has 1 N–H and O–H groups in total. The Bertz CT molecular complexity index is 89.0. The van der Waals surface area contributed by atoms with Gasteiger partial charge in [0.05, 0.1) is 0 Å². The van der Waals surface area contributed by atoms with Crippen molar-refractivity contribution < 1.29 is 4.21 Å². The van der Waals surface area contributed by atoms with Crippen molar-refractivity contribution in [3.05, 3.63) is 0 Å². The molecule has 0 bridgehead atoms. The number of nitrogens with one attached hydrogen (secondary N) is 1. The second-order valence-electron chi connectivity index (χ2n) is 1.72. The van der Waals surface area contributed by atoms with E-state index in [1.807, 2.05) is 0 Å². The van der Waals surface area contributed by atoms with Crippen molar-refractivity contribution in [1.82, 2.24) is 5.32 Å². The summed E-state index contributed by atoms with van der Waals surface area (Å²) in [5.41, 5.74) is 0. The highest BCUT2D eigenvalue weighted by molar-refractivity contribution is 14.1. The highest BCUT2D eigenvalue weighted by atomic mass is 127. The highest BCUT2D eigenvalue weighted by Crippen LogP contribution is 1.76. The molecule has 0 heterocycles. The van der Waals surface area contributed by atoms with Gasteiger partial charge in [-0.25, -0.2) is 0 Å². The van der Waals surface area contributed by atoms with Crippen molar-refractivity contribution in [1.29, 1.82) is 0 Å². The molecule has 0 spiro atoms. The number of hydrogen-bond donors (Lipinski definition) is 1. The van der Waals surface area contributed by atoms with Gasteiger partial charge in [-0.3, -0.25) is 4.21 Å². The molecule has 0 aromatic carbocycles. The van der Waals surface area contributed by atoms with Crippen molar-refractivity contribution in [3.63, 3.8) is 0 Å². The van der Waals surface area contributed by atoms with E-state index in [0.29, 0.717) is 0 Å². The van der Waals surface area contributed by atoms with Crippen LogP contribution in [0.3, 0.4) is 0 Å². The zero-order chi connectivity index (χ0) is 7.11. The van der Waals surface area contributed by atoms with E-state index in [1.165, 1.54) is 0 Å². The summed E-state index contributed by atoms with van der Waals surface area (Å²) in [6, 6.07) is 0. The molecule has 56 valence electrons. The lowest BCUT2D eigenvalue weighted by atomic mass is 10.7. The van der Waals surface area contributed by atoms with Gasteiger partial charge in [0.25, 0.3) is 0 Å². The third-order valence-corrected chi connectivity index (χ3v) is 2.16. The smallest absolute Gasteiger partial charge is 0.0357 e. The van der Waals surface area contributed by atoms with Gasteiger partial charge in [0.2, 0.25) is 0 Å². The van der Waals surface area contributed by atoms with Crippen LogP contribution in [0.1, 0.15) is 0 Å². The summed E-state index contributed by atoms with van der Waals surface area (Å²) < 4.78 is 11.6. The minimum atomic E-state index is -0.634. The summed E-state index contributed by atoms with van der Waals surface area (Å²) in [7, 11) is -0.634. The zero-order valence-electron chi connectivity index (χ0n) is 5.52. The minimum absolute atomic E-state index is 0.634. The van der Waals surface area contributed by atoms with Gasteiger partial charge in [-0.2, -0.15) is 0 Å². The summed E-state index contributed by atoms with van der Waals surface area (Å²) in [6.07, 6.45) is 1.73. The van der Waals surface area contributed by atoms with Gasteiger partial charge in [-0.1, -0.05) is 22.6 Å². The molecule has 0 saturated heterocycles. The number of rotatable bonds is 5. The van der Waals surface area contributed by atoms with E-state index in [9.17, 15) is 4.21 Å². The van der Waals surface area contributed by atoms with Crippen LogP contribution < -0.4 is 5.32 Å². The Labute approximate surface area is 72.4 Å². The van der Waals surface area contributed by atoms with Crippen molar-refractivity contribution in [2.75, 3.05) is 29.5 Å². The molecule has 0 rings (SSSR count). The van der Waals surface area contributed by atoms with Crippen LogP contribution in [0.25, 0.3) is 0 Å². The number of hydrogen-bond acceptors (Lipinski definition) is 2. The molecule has 0 aliphatic carbocycles. The standard InChI is InChI=1S/C5H12INOS/c1-9(8)5-4-7-3-2-6/h7H,2-5H2,1H3. The fraction of sp³-hybridized carbons (Fsp3) is 1.00. The number of alkyl halides is 1. The quantitative estimate of drug-likeness (QED) is 0.440. The van der Waals surface area contributed by atoms with E-state index in [4.69, 9.17) is 0 Å². The third kappa shape index (κ3) is 8.84. The van der Waals surface area contributed by atoms with Crippen molar-refractivity contribution >= 4 is 33.4 Å². The Morgan fingerprint density at radius 1 is 1.56 bits per heavy atom. The van der Waals surface area contributed by atoms with Crippen LogP contribution in [0.5, 0.6) is 0 Å². The maximum Gasteiger partial charge on any atom is 0.0357 e. The van der Waals surface area contributed by atoms with Crippen LogP contribution in [-0.4, -0.2) is 33.7 Å².